The maximum Gasteiger partial charge on any atom is 0.471 e. The van der Waals surface area contributed by atoms with E-state index in [0.29, 0.717) is 0 Å². The van der Waals surface area contributed by atoms with Crippen molar-refractivity contribution in [3.63, 3.8) is 0 Å². The number of piperidine rings is 1. The van der Waals surface area contributed by atoms with Gasteiger partial charge < -0.3 is 9.42 Å². The van der Waals surface area contributed by atoms with Gasteiger partial charge in [0.2, 0.25) is 5.82 Å². The van der Waals surface area contributed by atoms with E-state index in [1.165, 1.54) is 19.0 Å². The fourth-order valence-corrected chi connectivity index (χ4v) is 3.26. The average molecular weight is 353 g/mol. The summed E-state index contributed by atoms with van der Waals surface area (Å²) in [4.78, 5) is 14.4. The molecule has 0 bridgehead atoms. The molecule has 0 aromatic carbocycles. The van der Waals surface area contributed by atoms with Gasteiger partial charge in [-0.15, -0.1) is 0 Å². The maximum atomic E-state index is 12.6. The summed E-state index contributed by atoms with van der Waals surface area (Å²) in [6.07, 6.45) is 3.09. The number of hydrogen-bond acceptors (Lipinski definition) is 6. The van der Waals surface area contributed by atoms with Crippen molar-refractivity contribution in [2.45, 2.75) is 37.8 Å². The molecule has 1 atom stereocenters. The van der Waals surface area contributed by atoms with Gasteiger partial charge in [-0.3, -0.25) is 4.98 Å². The van der Waals surface area contributed by atoms with Crippen LogP contribution in [0.15, 0.2) is 16.9 Å². The van der Waals surface area contributed by atoms with E-state index in [-0.39, 0.29) is 17.4 Å². The number of halogens is 3. The first-order valence-electron chi connectivity index (χ1n) is 8.44. The molecule has 9 heteroatoms. The minimum absolute atomic E-state index is 0.188. The number of likely N-dealkylation sites (tertiary alicyclic amines) is 1. The van der Waals surface area contributed by atoms with Crippen LogP contribution in [0.2, 0.25) is 0 Å². The Hall–Kier alpha value is -2.03. The highest BCUT2D eigenvalue weighted by molar-refractivity contribution is 5.46. The minimum atomic E-state index is -4.66. The Morgan fingerprint density at radius 1 is 1.16 bits per heavy atom. The van der Waals surface area contributed by atoms with Crippen LogP contribution < -0.4 is 0 Å². The fourth-order valence-electron chi connectivity index (χ4n) is 3.26. The van der Waals surface area contributed by atoms with Crippen LogP contribution in [0.1, 0.15) is 43.2 Å². The Kier molecular flexibility index (Phi) is 4.18. The fraction of sp³-hybridized carbons (Fsp3) is 0.625. The van der Waals surface area contributed by atoms with Crippen LogP contribution >= 0.6 is 0 Å². The van der Waals surface area contributed by atoms with Gasteiger partial charge in [0, 0.05) is 25.2 Å². The van der Waals surface area contributed by atoms with E-state index in [1.54, 1.807) is 6.20 Å². The molecule has 1 aliphatic carbocycles. The number of alkyl halides is 3. The molecule has 4 rings (SSSR count). The first-order chi connectivity index (χ1) is 12.0. The van der Waals surface area contributed by atoms with Gasteiger partial charge in [0.25, 0.3) is 0 Å². The standard InChI is InChI=1S/C16H18F3N5O/c17-16(18,19)15-22-14(23-25-15)13-7-20-6-12(21-13)11-2-1-5-24(9-11)8-10-3-4-10/h6-7,10-11H,1-5,8-9H2/t11-/m1/s1. The predicted molar refractivity (Wildman–Crippen MR) is 81.5 cm³/mol. The van der Waals surface area contributed by atoms with Crippen LogP contribution in [0.4, 0.5) is 13.2 Å². The highest BCUT2D eigenvalue weighted by Crippen LogP contribution is 2.33. The van der Waals surface area contributed by atoms with E-state index in [1.807, 2.05) is 0 Å². The van der Waals surface area contributed by atoms with Crippen LogP contribution in [0.3, 0.4) is 0 Å². The van der Waals surface area contributed by atoms with Crippen molar-refractivity contribution >= 4 is 0 Å². The molecule has 3 heterocycles. The molecule has 0 spiro atoms. The first kappa shape index (κ1) is 16.4. The molecule has 1 aliphatic heterocycles. The lowest BCUT2D eigenvalue weighted by Crippen LogP contribution is -2.36. The smallest absolute Gasteiger partial charge is 0.329 e. The monoisotopic (exact) mass is 353 g/mol. The van der Waals surface area contributed by atoms with Crippen LogP contribution in [-0.2, 0) is 6.18 Å². The van der Waals surface area contributed by atoms with E-state index >= 15 is 0 Å². The summed E-state index contributed by atoms with van der Waals surface area (Å²) in [7, 11) is 0. The van der Waals surface area contributed by atoms with Gasteiger partial charge in [0.15, 0.2) is 0 Å². The second-order valence-corrected chi connectivity index (χ2v) is 6.79. The van der Waals surface area contributed by atoms with Gasteiger partial charge in [0.05, 0.1) is 11.9 Å². The molecule has 134 valence electrons. The van der Waals surface area contributed by atoms with E-state index in [9.17, 15) is 13.2 Å². The van der Waals surface area contributed by atoms with Crippen molar-refractivity contribution in [2.24, 2.45) is 5.92 Å². The molecule has 2 aromatic heterocycles. The Bertz CT molecular complexity index is 743. The van der Waals surface area contributed by atoms with Gasteiger partial charge in [-0.25, -0.2) is 4.98 Å². The number of aromatic nitrogens is 4. The van der Waals surface area contributed by atoms with Crippen molar-refractivity contribution in [3.05, 3.63) is 24.0 Å². The molecular formula is C16H18F3N5O. The molecule has 2 aromatic rings. The Morgan fingerprint density at radius 2 is 2.00 bits per heavy atom. The molecule has 6 nitrogen and oxygen atoms in total. The van der Waals surface area contributed by atoms with E-state index in [0.717, 1.165) is 44.1 Å². The topological polar surface area (TPSA) is 67.9 Å². The van der Waals surface area contributed by atoms with Gasteiger partial charge in [-0.05, 0) is 38.1 Å². The molecule has 0 amide bonds. The molecule has 0 radical (unpaired) electrons. The molecule has 0 N–H and O–H groups in total. The lowest BCUT2D eigenvalue weighted by molar-refractivity contribution is -0.159. The Labute approximate surface area is 142 Å². The summed E-state index contributed by atoms with van der Waals surface area (Å²) in [6, 6.07) is 0. The molecule has 1 saturated heterocycles. The molecular weight excluding hydrogens is 335 g/mol. The van der Waals surface area contributed by atoms with E-state index in [4.69, 9.17) is 0 Å². The Morgan fingerprint density at radius 3 is 2.72 bits per heavy atom. The third kappa shape index (κ3) is 3.81. The second kappa shape index (κ2) is 6.36. The molecule has 0 unspecified atom stereocenters. The van der Waals surface area contributed by atoms with Crippen molar-refractivity contribution in [1.82, 2.24) is 25.0 Å². The van der Waals surface area contributed by atoms with Gasteiger partial charge in [0.1, 0.15) is 5.69 Å². The highest BCUT2D eigenvalue weighted by Gasteiger charge is 2.38. The number of rotatable bonds is 4. The summed E-state index contributed by atoms with van der Waals surface area (Å²) in [5.41, 5.74) is 0.979. The van der Waals surface area contributed by atoms with Gasteiger partial charge in [-0.2, -0.15) is 18.2 Å². The third-order valence-electron chi connectivity index (χ3n) is 4.69. The van der Waals surface area contributed by atoms with Crippen LogP contribution in [0.25, 0.3) is 11.5 Å². The summed E-state index contributed by atoms with van der Waals surface area (Å²) < 4.78 is 42.1. The minimum Gasteiger partial charge on any atom is -0.329 e. The number of nitrogens with zero attached hydrogens (tertiary/aromatic N) is 5. The summed E-state index contributed by atoms with van der Waals surface area (Å²) in [5.74, 6) is -0.500. The Balaban J connectivity index is 1.51. The lowest BCUT2D eigenvalue weighted by atomic mass is 9.94. The molecule has 2 fully saturated rings. The van der Waals surface area contributed by atoms with E-state index < -0.39 is 12.1 Å². The molecule has 1 saturated carbocycles. The van der Waals surface area contributed by atoms with E-state index in [2.05, 4.69) is 29.5 Å². The van der Waals surface area contributed by atoms with Gasteiger partial charge in [-0.1, -0.05) is 5.16 Å². The van der Waals surface area contributed by atoms with Gasteiger partial charge >= 0.3 is 12.1 Å². The van der Waals surface area contributed by atoms with Crippen LogP contribution in [0, 0.1) is 5.92 Å². The third-order valence-corrected chi connectivity index (χ3v) is 4.69. The summed E-state index contributed by atoms with van der Waals surface area (Å²) in [6.45, 7) is 3.14. The van der Waals surface area contributed by atoms with Crippen molar-refractivity contribution in [2.75, 3.05) is 19.6 Å². The predicted octanol–water partition coefficient (Wildman–Crippen LogP) is 3.13. The van der Waals surface area contributed by atoms with Crippen LogP contribution in [-0.4, -0.2) is 44.6 Å². The summed E-state index contributed by atoms with van der Waals surface area (Å²) >= 11 is 0. The quantitative estimate of drug-likeness (QED) is 0.841. The largest absolute Gasteiger partial charge is 0.471 e. The zero-order valence-electron chi connectivity index (χ0n) is 13.5. The van der Waals surface area contributed by atoms with Crippen molar-refractivity contribution < 1.29 is 17.7 Å². The zero-order chi connectivity index (χ0) is 17.4. The highest BCUT2D eigenvalue weighted by atomic mass is 19.4. The molecule has 25 heavy (non-hydrogen) atoms. The van der Waals surface area contributed by atoms with Crippen molar-refractivity contribution in [3.8, 4) is 11.5 Å². The molecule has 2 aliphatic rings. The van der Waals surface area contributed by atoms with Crippen LogP contribution in [0.5, 0.6) is 0 Å². The second-order valence-electron chi connectivity index (χ2n) is 6.79. The maximum absolute atomic E-state index is 12.6. The van der Waals surface area contributed by atoms with Crippen molar-refractivity contribution in [1.29, 1.82) is 0 Å². The average Bonchev–Trinajstić information content (AvgIpc) is 3.25. The first-order valence-corrected chi connectivity index (χ1v) is 8.44. The normalized spacial score (nSPS) is 22.3. The SMILES string of the molecule is FC(F)(F)c1nc(-c2cncc([C@@H]3CCCN(CC4CC4)C3)n2)no1. The lowest BCUT2D eigenvalue weighted by Gasteiger charge is -2.32. The number of hydrogen-bond donors (Lipinski definition) is 0. The summed E-state index contributed by atoms with van der Waals surface area (Å²) in [5, 5.41) is 3.38. The zero-order valence-corrected chi connectivity index (χ0v) is 13.5.